The van der Waals surface area contributed by atoms with Gasteiger partial charge in [0.2, 0.25) is 0 Å². The highest BCUT2D eigenvalue weighted by Gasteiger charge is 2.32. The number of aliphatic carboxylic acids is 1. The number of hydrogen-bond donors (Lipinski definition) is 1. The van der Waals surface area contributed by atoms with Crippen LogP contribution in [0.4, 0.5) is 0 Å². The monoisotopic (exact) mass is 417 g/mol. The summed E-state index contributed by atoms with van der Waals surface area (Å²) < 4.78 is 5.34. The van der Waals surface area contributed by atoms with Crippen molar-refractivity contribution in [1.29, 1.82) is 0 Å². The number of nitrogens with zero attached hydrogens (tertiary/aromatic N) is 1. The highest BCUT2D eigenvalue weighted by Crippen LogP contribution is 2.25. The maximum absolute atomic E-state index is 13.2. The predicted octanol–water partition coefficient (Wildman–Crippen LogP) is 4.92. The Balaban J connectivity index is 1.98. The maximum Gasteiger partial charge on any atom is 0.326 e. The molecular formula is C21H17Cl2NO4. The van der Waals surface area contributed by atoms with Gasteiger partial charge >= 0.3 is 5.97 Å². The van der Waals surface area contributed by atoms with E-state index in [0.717, 1.165) is 5.56 Å². The van der Waals surface area contributed by atoms with Crippen molar-refractivity contribution >= 4 is 35.1 Å². The van der Waals surface area contributed by atoms with Gasteiger partial charge in [0.25, 0.3) is 5.91 Å². The first-order valence-corrected chi connectivity index (χ1v) is 9.26. The lowest BCUT2D eigenvalue weighted by atomic mass is 10.0. The Labute approximate surface area is 172 Å². The lowest BCUT2D eigenvalue weighted by Crippen LogP contribution is -2.46. The molecule has 0 aliphatic carbocycles. The number of furan rings is 1. The summed E-state index contributed by atoms with van der Waals surface area (Å²) in [5.74, 6) is -1.16. The second kappa shape index (κ2) is 8.95. The van der Waals surface area contributed by atoms with Gasteiger partial charge < -0.3 is 14.4 Å². The quantitative estimate of drug-likeness (QED) is 0.591. The van der Waals surface area contributed by atoms with Crippen molar-refractivity contribution in [2.75, 3.05) is 0 Å². The molecule has 0 saturated carbocycles. The molecule has 1 atom stereocenters. The zero-order chi connectivity index (χ0) is 20.1. The van der Waals surface area contributed by atoms with Crippen LogP contribution in [0.25, 0.3) is 0 Å². The molecule has 0 spiro atoms. The first kappa shape index (κ1) is 20.0. The number of rotatable bonds is 7. The Morgan fingerprint density at radius 1 is 1.04 bits per heavy atom. The first-order chi connectivity index (χ1) is 13.5. The van der Waals surface area contributed by atoms with Crippen LogP contribution >= 0.6 is 23.2 Å². The van der Waals surface area contributed by atoms with E-state index in [2.05, 4.69) is 0 Å². The fourth-order valence-electron chi connectivity index (χ4n) is 2.88. The number of amides is 1. The van der Waals surface area contributed by atoms with Crippen molar-refractivity contribution in [2.45, 2.75) is 19.0 Å². The summed E-state index contributed by atoms with van der Waals surface area (Å²) in [7, 11) is 0. The van der Waals surface area contributed by atoms with Gasteiger partial charge in [-0.2, -0.15) is 0 Å². The molecule has 1 heterocycles. The number of halogens is 2. The normalized spacial score (nSPS) is 11.8. The van der Waals surface area contributed by atoms with Crippen LogP contribution in [-0.2, 0) is 17.8 Å². The number of carboxylic acid groups (broad SMARTS) is 1. The smallest absolute Gasteiger partial charge is 0.326 e. The van der Waals surface area contributed by atoms with Crippen LogP contribution in [0.5, 0.6) is 0 Å². The summed E-state index contributed by atoms with van der Waals surface area (Å²) in [4.78, 5) is 26.6. The zero-order valence-corrected chi connectivity index (χ0v) is 16.2. The molecule has 28 heavy (non-hydrogen) atoms. The second-order valence-electron chi connectivity index (χ2n) is 6.18. The highest BCUT2D eigenvalue weighted by molar-refractivity contribution is 6.36. The number of benzene rings is 2. The van der Waals surface area contributed by atoms with E-state index in [0.29, 0.717) is 10.8 Å². The van der Waals surface area contributed by atoms with Crippen LogP contribution in [0.2, 0.25) is 10.0 Å². The van der Waals surface area contributed by atoms with Crippen molar-refractivity contribution in [2.24, 2.45) is 0 Å². The van der Waals surface area contributed by atoms with Gasteiger partial charge in [-0.05, 0) is 35.9 Å². The van der Waals surface area contributed by atoms with Gasteiger partial charge in [-0.15, -0.1) is 0 Å². The zero-order valence-electron chi connectivity index (χ0n) is 14.7. The van der Waals surface area contributed by atoms with E-state index in [1.807, 2.05) is 30.3 Å². The second-order valence-corrected chi connectivity index (χ2v) is 7.02. The maximum atomic E-state index is 13.2. The van der Waals surface area contributed by atoms with Crippen molar-refractivity contribution in [1.82, 2.24) is 4.90 Å². The predicted molar refractivity (Wildman–Crippen MR) is 107 cm³/mol. The van der Waals surface area contributed by atoms with E-state index < -0.39 is 17.9 Å². The molecule has 2 aromatic carbocycles. The molecule has 0 bridgehead atoms. The fourth-order valence-corrected chi connectivity index (χ4v) is 3.37. The fraction of sp³-hybridized carbons (Fsp3) is 0.143. The Morgan fingerprint density at radius 3 is 2.39 bits per heavy atom. The minimum Gasteiger partial charge on any atom is -0.480 e. The summed E-state index contributed by atoms with van der Waals surface area (Å²) in [6.45, 7) is -0.00537. The van der Waals surface area contributed by atoms with Gasteiger partial charge in [0.1, 0.15) is 11.8 Å². The average molecular weight is 418 g/mol. The van der Waals surface area contributed by atoms with E-state index in [4.69, 9.17) is 27.6 Å². The van der Waals surface area contributed by atoms with E-state index in [1.54, 1.807) is 18.2 Å². The molecule has 0 aliphatic heterocycles. The van der Waals surface area contributed by atoms with E-state index in [-0.39, 0.29) is 23.6 Å². The lowest BCUT2D eigenvalue weighted by molar-refractivity contribution is -0.142. The Bertz CT molecular complexity index is 958. The van der Waals surface area contributed by atoms with Gasteiger partial charge in [0, 0.05) is 11.4 Å². The standard InChI is InChI=1S/C21H17Cl2NO4/c22-15-8-9-17(18(23)12-15)20(25)24(13-16-7-4-10-28-16)19(21(26)27)11-14-5-2-1-3-6-14/h1-10,12,19H,11,13H2,(H,26,27)/t19-/m0/s1. The molecule has 144 valence electrons. The summed E-state index contributed by atoms with van der Waals surface area (Å²) in [6, 6.07) is 15.9. The van der Waals surface area contributed by atoms with Gasteiger partial charge in [0.05, 0.1) is 23.4 Å². The van der Waals surface area contributed by atoms with Gasteiger partial charge in [-0.1, -0.05) is 53.5 Å². The molecule has 0 fully saturated rings. The molecule has 7 heteroatoms. The molecule has 3 aromatic rings. The minimum atomic E-state index is -1.12. The summed E-state index contributed by atoms with van der Waals surface area (Å²) in [5.41, 5.74) is 0.978. The lowest BCUT2D eigenvalue weighted by Gasteiger charge is -2.29. The number of hydrogen-bond acceptors (Lipinski definition) is 3. The van der Waals surface area contributed by atoms with E-state index in [9.17, 15) is 14.7 Å². The molecule has 3 rings (SSSR count). The SMILES string of the molecule is O=C(O)[C@H](Cc1ccccc1)N(Cc1ccco1)C(=O)c1ccc(Cl)cc1Cl. The van der Waals surface area contributed by atoms with Crippen LogP contribution in [0.3, 0.4) is 0 Å². The van der Waals surface area contributed by atoms with Crippen molar-refractivity contribution in [3.63, 3.8) is 0 Å². The van der Waals surface area contributed by atoms with Crippen LogP contribution < -0.4 is 0 Å². The molecule has 1 N–H and O–H groups in total. The Kier molecular flexibility index (Phi) is 6.39. The average Bonchev–Trinajstić information content (AvgIpc) is 3.18. The largest absolute Gasteiger partial charge is 0.480 e. The van der Waals surface area contributed by atoms with Gasteiger partial charge in [0.15, 0.2) is 0 Å². The van der Waals surface area contributed by atoms with Crippen LogP contribution in [-0.4, -0.2) is 27.9 Å². The third kappa shape index (κ3) is 4.74. The van der Waals surface area contributed by atoms with Crippen LogP contribution in [0, 0.1) is 0 Å². The molecule has 1 amide bonds. The van der Waals surface area contributed by atoms with Crippen molar-refractivity contribution < 1.29 is 19.1 Å². The molecule has 0 unspecified atom stereocenters. The molecular weight excluding hydrogens is 401 g/mol. The third-order valence-corrected chi connectivity index (χ3v) is 4.81. The minimum absolute atomic E-state index is 0.00537. The molecule has 0 saturated heterocycles. The van der Waals surface area contributed by atoms with Crippen molar-refractivity contribution in [3.8, 4) is 0 Å². The number of carboxylic acids is 1. The summed E-state index contributed by atoms with van der Waals surface area (Å²) in [6.07, 6.45) is 1.62. The summed E-state index contributed by atoms with van der Waals surface area (Å²) >= 11 is 12.1. The molecule has 0 radical (unpaired) electrons. The van der Waals surface area contributed by atoms with Gasteiger partial charge in [-0.3, -0.25) is 4.79 Å². The van der Waals surface area contributed by atoms with Crippen molar-refractivity contribution in [3.05, 3.63) is 93.9 Å². The molecule has 5 nitrogen and oxygen atoms in total. The molecule has 1 aromatic heterocycles. The topological polar surface area (TPSA) is 70.8 Å². The van der Waals surface area contributed by atoms with Crippen LogP contribution in [0.1, 0.15) is 21.7 Å². The number of carbonyl (C=O) groups excluding carboxylic acids is 1. The first-order valence-electron chi connectivity index (χ1n) is 8.51. The summed E-state index contributed by atoms with van der Waals surface area (Å²) in [5, 5.41) is 10.4. The highest BCUT2D eigenvalue weighted by atomic mass is 35.5. The third-order valence-electron chi connectivity index (χ3n) is 4.26. The van der Waals surface area contributed by atoms with E-state index in [1.165, 1.54) is 23.3 Å². The molecule has 0 aliphatic rings. The van der Waals surface area contributed by atoms with Gasteiger partial charge in [-0.25, -0.2) is 4.79 Å². The van der Waals surface area contributed by atoms with E-state index >= 15 is 0 Å². The number of carbonyl (C=O) groups is 2. The van der Waals surface area contributed by atoms with Crippen LogP contribution in [0.15, 0.2) is 71.3 Å². The Morgan fingerprint density at radius 2 is 1.79 bits per heavy atom. The Hall–Kier alpha value is -2.76.